The molecule has 0 bridgehead atoms. The summed E-state index contributed by atoms with van der Waals surface area (Å²) in [6.07, 6.45) is 11.8. The van der Waals surface area contributed by atoms with Crippen LogP contribution in [-0.4, -0.2) is 37.6 Å². The molecular formula is C37H37N5O3S. The van der Waals surface area contributed by atoms with Gasteiger partial charge in [0.25, 0.3) is 5.56 Å². The Morgan fingerprint density at radius 2 is 1.57 bits per heavy atom. The number of aromatic nitrogens is 5. The predicted molar refractivity (Wildman–Crippen MR) is 186 cm³/mol. The smallest absolute Gasteiger partial charge is 0.291 e. The Bertz CT molecular complexity index is 2060. The van der Waals surface area contributed by atoms with Crippen molar-refractivity contribution in [1.29, 1.82) is 0 Å². The normalized spacial score (nSPS) is 12.0. The maximum atomic E-state index is 13.5. The molecule has 6 aromatic rings. The molecular weight excluding hydrogens is 595 g/mol. The molecule has 3 aromatic heterocycles. The molecule has 0 amide bonds. The number of ether oxygens (including phenoxy) is 2. The van der Waals surface area contributed by atoms with Crippen LogP contribution in [0.25, 0.3) is 40.1 Å². The van der Waals surface area contributed by atoms with Crippen LogP contribution in [0.1, 0.15) is 62.0 Å². The quantitative estimate of drug-likeness (QED) is 0.124. The van der Waals surface area contributed by atoms with Gasteiger partial charge in [0.2, 0.25) is 4.96 Å². The van der Waals surface area contributed by atoms with Crippen molar-refractivity contribution in [3.63, 3.8) is 0 Å². The number of nitrogens with zero attached hydrogens (tertiary/aromatic N) is 5. The Labute approximate surface area is 272 Å². The number of thiazole rings is 1. The van der Waals surface area contributed by atoms with Crippen molar-refractivity contribution in [2.75, 3.05) is 13.2 Å². The Morgan fingerprint density at radius 1 is 0.848 bits per heavy atom. The van der Waals surface area contributed by atoms with Crippen molar-refractivity contribution >= 4 is 34.5 Å². The van der Waals surface area contributed by atoms with Crippen molar-refractivity contribution in [3.8, 4) is 28.4 Å². The van der Waals surface area contributed by atoms with Gasteiger partial charge in [0.05, 0.1) is 23.4 Å². The summed E-state index contributed by atoms with van der Waals surface area (Å²) in [7, 11) is 0. The van der Waals surface area contributed by atoms with Gasteiger partial charge in [-0.05, 0) is 85.5 Å². The second-order valence-corrected chi connectivity index (χ2v) is 12.1. The third-order valence-corrected chi connectivity index (χ3v) is 8.50. The Morgan fingerprint density at radius 3 is 2.26 bits per heavy atom. The van der Waals surface area contributed by atoms with Gasteiger partial charge in [-0.2, -0.15) is 14.6 Å². The van der Waals surface area contributed by atoms with E-state index in [1.54, 1.807) is 0 Å². The molecule has 234 valence electrons. The van der Waals surface area contributed by atoms with Crippen LogP contribution >= 0.6 is 11.3 Å². The van der Waals surface area contributed by atoms with Crippen LogP contribution in [0.15, 0.2) is 83.8 Å². The lowest BCUT2D eigenvalue weighted by Gasteiger charge is -2.09. The lowest BCUT2D eigenvalue weighted by molar-refractivity contribution is 0.309. The molecule has 0 saturated carbocycles. The molecule has 0 saturated heterocycles. The predicted octanol–water partition coefficient (Wildman–Crippen LogP) is 7.39. The van der Waals surface area contributed by atoms with Gasteiger partial charge in [0.15, 0.2) is 5.82 Å². The van der Waals surface area contributed by atoms with Crippen LogP contribution in [0.5, 0.6) is 11.5 Å². The summed E-state index contributed by atoms with van der Waals surface area (Å²) in [5, 5.41) is 9.45. The summed E-state index contributed by atoms with van der Waals surface area (Å²) in [6.45, 7) is 7.76. The SMILES string of the molecule is CCCCOc1ccc(/C=C/c2nc3s/c(=C\c4cn(-c5ccccc5)nc4-c4ccc(OCCCC)cc4C)c(=O)n3n2)cc1. The molecule has 0 aliphatic carbocycles. The van der Waals surface area contributed by atoms with E-state index >= 15 is 0 Å². The first-order valence-electron chi connectivity index (χ1n) is 15.7. The van der Waals surface area contributed by atoms with E-state index in [0.717, 1.165) is 77.4 Å². The maximum absolute atomic E-state index is 13.5. The summed E-state index contributed by atoms with van der Waals surface area (Å²) in [5.74, 6) is 2.17. The van der Waals surface area contributed by atoms with Crippen molar-refractivity contribution in [2.45, 2.75) is 46.5 Å². The van der Waals surface area contributed by atoms with Gasteiger partial charge >= 0.3 is 0 Å². The van der Waals surface area contributed by atoms with Gasteiger partial charge < -0.3 is 9.47 Å². The third-order valence-electron chi connectivity index (χ3n) is 7.54. The summed E-state index contributed by atoms with van der Waals surface area (Å²) >= 11 is 1.31. The highest BCUT2D eigenvalue weighted by molar-refractivity contribution is 7.15. The highest BCUT2D eigenvalue weighted by Gasteiger charge is 2.16. The number of benzene rings is 3. The Hall–Kier alpha value is -5.02. The van der Waals surface area contributed by atoms with Crippen LogP contribution in [-0.2, 0) is 0 Å². The minimum absolute atomic E-state index is 0.212. The fourth-order valence-electron chi connectivity index (χ4n) is 4.98. The molecule has 0 unspecified atom stereocenters. The molecule has 0 aliphatic rings. The summed E-state index contributed by atoms with van der Waals surface area (Å²) < 4.78 is 15.4. The fraction of sp³-hybridized carbons (Fsp3) is 0.243. The molecule has 0 fully saturated rings. The standard InChI is InChI=1S/C37H37N5O3S/c1-4-6-21-44-30-16-13-27(14-17-30)15-20-34-38-37-42(39-34)36(43)33(46-37)24-28-25-41(29-11-9-8-10-12-29)40-35(28)32-19-18-31(23-26(32)3)45-22-7-5-2/h8-20,23-25H,4-7,21-22H2,1-3H3/b20-15+,33-24-. The molecule has 3 heterocycles. The fourth-order valence-corrected chi connectivity index (χ4v) is 5.89. The average molecular weight is 632 g/mol. The van der Waals surface area contributed by atoms with Gasteiger partial charge in [0.1, 0.15) is 17.2 Å². The van der Waals surface area contributed by atoms with Crippen LogP contribution in [0.3, 0.4) is 0 Å². The zero-order valence-corrected chi connectivity index (χ0v) is 27.2. The van der Waals surface area contributed by atoms with E-state index in [4.69, 9.17) is 14.6 Å². The Balaban J connectivity index is 1.30. The van der Waals surface area contributed by atoms with Gasteiger partial charge in [-0.3, -0.25) is 4.79 Å². The second-order valence-electron chi connectivity index (χ2n) is 11.1. The van der Waals surface area contributed by atoms with Crippen molar-refractivity contribution in [2.24, 2.45) is 0 Å². The first kappa shape index (κ1) is 31.0. The van der Waals surface area contributed by atoms with E-state index in [0.29, 0.717) is 21.9 Å². The zero-order chi connectivity index (χ0) is 31.9. The number of unbranched alkanes of at least 4 members (excludes halogenated alkanes) is 2. The topological polar surface area (TPSA) is 83.5 Å². The minimum atomic E-state index is -0.212. The largest absolute Gasteiger partial charge is 0.494 e. The summed E-state index contributed by atoms with van der Waals surface area (Å²) in [6, 6.07) is 23.9. The van der Waals surface area contributed by atoms with E-state index in [1.807, 2.05) is 102 Å². The average Bonchev–Trinajstić information content (AvgIpc) is 3.76. The number of aryl methyl sites for hydroxylation is 1. The van der Waals surface area contributed by atoms with Crippen LogP contribution in [0.4, 0.5) is 0 Å². The third kappa shape index (κ3) is 7.10. The second kappa shape index (κ2) is 14.4. The van der Waals surface area contributed by atoms with Gasteiger partial charge in [-0.1, -0.05) is 74.4 Å². The lowest BCUT2D eigenvalue weighted by atomic mass is 10.0. The van der Waals surface area contributed by atoms with E-state index in [-0.39, 0.29) is 5.56 Å². The number of para-hydroxylation sites is 1. The first-order valence-corrected chi connectivity index (χ1v) is 16.5. The Kier molecular flexibility index (Phi) is 9.69. The van der Waals surface area contributed by atoms with E-state index in [1.165, 1.54) is 15.9 Å². The zero-order valence-electron chi connectivity index (χ0n) is 26.3. The molecule has 9 heteroatoms. The molecule has 3 aromatic carbocycles. The molecule has 0 aliphatic heterocycles. The number of rotatable bonds is 13. The molecule has 0 atom stereocenters. The molecule has 6 rings (SSSR count). The van der Waals surface area contributed by atoms with Crippen molar-refractivity contribution < 1.29 is 9.47 Å². The number of hydrogen-bond donors (Lipinski definition) is 0. The number of hydrogen-bond acceptors (Lipinski definition) is 7. The summed E-state index contributed by atoms with van der Waals surface area (Å²) in [5.41, 5.74) is 5.35. The summed E-state index contributed by atoms with van der Waals surface area (Å²) in [4.78, 5) is 18.6. The lowest BCUT2D eigenvalue weighted by Crippen LogP contribution is -2.23. The molecule has 0 N–H and O–H groups in total. The maximum Gasteiger partial charge on any atom is 0.291 e. The highest BCUT2D eigenvalue weighted by Crippen LogP contribution is 2.30. The van der Waals surface area contributed by atoms with Gasteiger partial charge in [-0.15, -0.1) is 5.10 Å². The van der Waals surface area contributed by atoms with E-state index in [2.05, 4.69) is 30.9 Å². The van der Waals surface area contributed by atoms with Gasteiger partial charge in [-0.25, -0.2) is 4.68 Å². The molecule has 0 spiro atoms. The van der Waals surface area contributed by atoms with Crippen LogP contribution in [0.2, 0.25) is 0 Å². The molecule has 8 nitrogen and oxygen atoms in total. The van der Waals surface area contributed by atoms with Crippen molar-refractivity contribution in [1.82, 2.24) is 24.4 Å². The van der Waals surface area contributed by atoms with Crippen LogP contribution < -0.4 is 19.6 Å². The first-order chi connectivity index (χ1) is 22.5. The monoisotopic (exact) mass is 631 g/mol. The highest BCUT2D eigenvalue weighted by atomic mass is 32.1. The van der Waals surface area contributed by atoms with E-state index < -0.39 is 0 Å². The number of fused-ring (bicyclic) bond motifs is 1. The van der Waals surface area contributed by atoms with Gasteiger partial charge in [0, 0.05) is 17.3 Å². The van der Waals surface area contributed by atoms with E-state index in [9.17, 15) is 4.79 Å². The minimum Gasteiger partial charge on any atom is -0.494 e. The van der Waals surface area contributed by atoms with Crippen molar-refractivity contribution in [3.05, 3.63) is 116 Å². The molecule has 0 radical (unpaired) electrons. The molecule has 46 heavy (non-hydrogen) atoms. The van der Waals surface area contributed by atoms with Crippen LogP contribution in [0, 0.1) is 6.92 Å².